The molecular weight excluding hydrogens is 278 g/mol. The summed E-state index contributed by atoms with van der Waals surface area (Å²) in [5, 5.41) is 2.26. The van der Waals surface area contributed by atoms with Crippen LogP contribution < -0.4 is 11.1 Å². The van der Waals surface area contributed by atoms with E-state index in [2.05, 4.69) is 5.32 Å². The summed E-state index contributed by atoms with van der Waals surface area (Å²) in [6.07, 6.45) is 1.38. The second-order valence-electron chi connectivity index (χ2n) is 3.87. The molecule has 0 unspecified atom stereocenters. The summed E-state index contributed by atoms with van der Waals surface area (Å²) in [5.41, 5.74) is 4.19. The largest absolute Gasteiger partial charge is 0.366 e. The maximum atomic E-state index is 13.4. The number of alkyl halides is 1. The van der Waals surface area contributed by atoms with Gasteiger partial charge < -0.3 is 11.1 Å². The third kappa shape index (κ3) is 4.48. The molecule has 0 radical (unpaired) electrons. The number of hydrogen-bond acceptors (Lipinski definition) is 2. The predicted octanol–water partition coefficient (Wildman–Crippen LogP) is 2.41. The van der Waals surface area contributed by atoms with Crippen LogP contribution in [0.5, 0.6) is 0 Å². The Labute approximate surface area is 113 Å². The van der Waals surface area contributed by atoms with Crippen LogP contribution in [0, 0.1) is 11.6 Å². The molecule has 0 spiro atoms. The molecule has 1 aromatic carbocycles. The van der Waals surface area contributed by atoms with Crippen molar-refractivity contribution in [3.05, 3.63) is 29.3 Å². The molecule has 0 saturated carbocycles. The fraction of sp³-hybridized carbons (Fsp3) is 0.333. The zero-order valence-corrected chi connectivity index (χ0v) is 10.8. The molecule has 0 aliphatic rings. The minimum atomic E-state index is -1.06. The number of benzene rings is 1. The van der Waals surface area contributed by atoms with Gasteiger partial charge in [0.25, 0.3) is 5.91 Å². The van der Waals surface area contributed by atoms with Gasteiger partial charge >= 0.3 is 0 Å². The molecule has 7 heteroatoms. The number of unbranched alkanes of at least 4 members (excludes halogenated alkanes) is 1. The Balaban J connectivity index is 2.80. The van der Waals surface area contributed by atoms with Crippen molar-refractivity contribution in [2.24, 2.45) is 5.73 Å². The van der Waals surface area contributed by atoms with Gasteiger partial charge in [0, 0.05) is 18.4 Å². The topological polar surface area (TPSA) is 72.2 Å². The molecule has 0 aromatic heterocycles. The zero-order valence-electron chi connectivity index (χ0n) is 10.0. The van der Waals surface area contributed by atoms with Gasteiger partial charge in [-0.25, -0.2) is 8.78 Å². The molecule has 0 atom stereocenters. The number of amides is 2. The lowest BCUT2D eigenvalue weighted by Gasteiger charge is -2.08. The normalized spacial score (nSPS) is 10.3. The number of hydrogen-bond donors (Lipinski definition) is 2. The third-order valence-electron chi connectivity index (χ3n) is 2.38. The number of carbonyl (C=O) groups is 2. The zero-order chi connectivity index (χ0) is 14.4. The highest BCUT2D eigenvalue weighted by Crippen LogP contribution is 2.19. The Bertz CT molecular complexity index is 495. The van der Waals surface area contributed by atoms with Gasteiger partial charge in [-0.15, -0.1) is 11.6 Å². The van der Waals surface area contributed by atoms with Crippen LogP contribution in [0.15, 0.2) is 12.1 Å². The van der Waals surface area contributed by atoms with E-state index in [1.54, 1.807) is 0 Å². The average Bonchev–Trinajstić information content (AvgIpc) is 2.32. The van der Waals surface area contributed by atoms with Crippen molar-refractivity contribution in [2.75, 3.05) is 11.2 Å². The number of carbonyl (C=O) groups excluding carboxylic acids is 2. The van der Waals surface area contributed by atoms with E-state index in [1.165, 1.54) is 0 Å². The van der Waals surface area contributed by atoms with E-state index in [0.717, 1.165) is 6.07 Å². The Morgan fingerprint density at radius 1 is 1.21 bits per heavy atom. The van der Waals surface area contributed by atoms with Crippen molar-refractivity contribution in [3.63, 3.8) is 0 Å². The van der Waals surface area contributed by atoms with Gasteiger partial charge in [0.05, 0.1) is 11.3 Å². The first kappa shape index (κ1) is 15.4. The highest BCUT2D eigenvalue weighted by atomic mass is 35.5. The first-order chi connectivity index (χ1) is 8.95. The highest BCUT2D eigenvalue weighted by Gasteiger charge is 2.15. The van der Waals surface area contributed by atoms with Crippen molar-refractivity contribution in [1.82, 2.24) is 0 Å². The SMILES string of the molecule is NC(=O)c1cc(NC(=O)CCCCCl)c(F)cc1F. The van der Waals surface area contributed by atoms with E-state index in [1.807, 2.05) is 0 Å². The molecule has 0 aliphatic carbocycles. The summed E-state index contributed by atoms with van der Waals surface area (Å²) >= 11 is 5.46. The molecule has 1 rings (SSSR count). The Morgan fingerprint density at radius 3 is 2.47 bits per heavy atom. The van der Waals surface area contributed by atoms with E-state index in [0.29, 0.717) is 24.8 Å². The van der Waals surface area contributed by atoms with Crippen LogP contribution in [0.4, 0.5) is 14.5 Å². The quantitative estimate of drug-likeness (QED) is 0.624. The van der Waals surface area contributed by atoms with Crippen LogP contribution >= 0.6 is 11.6 Å². The van der Waals surface area contributed by atoms with Crippen LogP contribution in [0.3, 0.4) is 0 Å². The van der Waals surface area contributed by atoms with Gasteiger partial charge in [0.2, 0.25) is 5.91 Å². The van der Waals surface area contributed by atoms with Crippen molar-refractivity contribution < 1.29 is 18.4 Å². The maximum absolute atomic E-state index is 13.4. The molecule has 4 nitrogen and oxygen atoms in total. The number of nitrogens with one attached hydrogen (secondary N) is 1. The van der Waals surface area contributed by atoms with Gasteiger partial charge in [-0.3, -0.25) is 9.59 Å². The fourth-order valence-electron chi connectivity index (χ4n) is 1.43. The summed E-state index contributed by atoms with van der Waals surface area (Å²) in [4.78, 5) is 22.4. The molecule has 0 aliphatic heterocycles. The Kier molecular flexibility index (Phi) is 5.69. The van der Waals surface area contributed by atoms with Crippen molar-refractivity contribution >= 4 is 29.1 Å². The summed E-state index contributed by atoms with van der Waals surface area (Å²) in [6.45, 7) is 0. The summed E-state index contributed by atoms with van der Waals surface area (Å²) < 4.78 is 26.6. The monoisotopic (exact) mass is 290 g/mol. The number of halogens is 3. The van der Waals surface area contributed by atoms with Crippen LogP contribution in [0.25, 0.3) is 0 Å². The van der Waals surface area contributed by atoms with Gasteiger partial charge in [0.15, 0.2) is 0 Å². The first-order valence-electron chi connectivity index (χ1n) is 5.60. The number of primary amides is 1. The molecule has 0 fully saturated rings. The van der Waals surface area contributed by atoms with Crippen LogP contribution in [-0.2, 0) is 4.79 Å². The second-order valence-corrected chi connectivity index (χ2v) is 4.25. The molecule has 19 heavy (non-hydrogen) atoms. The van der Waals surface area contributed by atoms with Gasteiger partial charge in [-0.1, -0.05) is 0 Å². The second kappa shape index (κ2) is 7.04. The third-order valence-corrected chi connectivity index (χ3v) is 2.65. The summed E-state index contributed by atoms with van der Waals surface area (Å²) in [7, 11) is 0. The summed E-state index contributed by atoms with van der Waals surface area (Å²) in [6, 6.07) is 1.39. The smallest absolute Gasteiger partial charge is 0.251 e. The molecule has 2 amide bonds. The molecule has 104 valence electrons. The van der Waals surface area contributed by atoms with E-state index in [9.17, 15) is 18.4 Å². The molecule has 0 saturated heterocycles. The van der Waals surface area contributed by atoms with Crippen LogP contribution in [0.2, 0.25) is 0 Å². The minimum Gasteiger partial charge on any atom is -0.366 e. The van der Waals surface area contributed by atoms with Gasteiger partial charge in [0.1, 0.15) is 11.6 Å². The highest BCUT2D eigenvalue weighted by molar-refractivity contribution is 6.17. The summed E-state index contributed by atoms with van der Waals surface area (Å²) in [5.74, 6) is -3.07. The number of rotatable bonds is 6. The first-order valence-corrected chi connectivity index (χ1v) is 6.13. The van der Waals surface area contributed by atoms with E-state index in [4.69, 9.17) is 17.3 Å². The molecular formula is C12H13ClF2N2O2. The molecule has 0 bridgehead atoms. The van der Waals surface area contributed by atoms with Crippen molar-refractivity contribution in [1.29, 1.82) is 0 Å². The van der Waals surface area contributed by atoms with Crippen LogP contribution in [0.1, 0.15) is 29.6 Å². The molecule has 1 aromatic rings. The van der Waals surface area contributed by atoms with E-state index in [-0.39, 0.29) is 12.1 Å². The Hall–Kier alpha value is -1.69. The lowest BCUT2D eigenvalue weighted by atomic mass is 10.1. The molecule has 0 heterocycles. The standard InChI is InChI=1S/C12H13ClF2N2O2/c13-4-2-1-3-11(18)17-10-5-7(12(16)19)8(14)6-9(10)15/h5-6H,1-4H2,(H2,16,19)(H,17,18). The maximum Gasteiger partial charge on any atom is 0.251 e. The van der Waals surface area contributed by atoms with Gasteiger partial charge in [-0.2, -0.15) is 0 Å². The van der Waals surface area contributed by atoms with Crippen molar-refractivity contribution in [3.8, 4) is 0 Å². The fourth-order valence-corrected chi connectivity index (χ4v) is 1.62. The molecule has 3 N–H and O–H groups in total. The van der Waals surface area contributed by atoms with Gasteiger partial charge in [-0.05, 0) is 18.9 Å². The van der Waals surface area contributed by atoms with E-state index >= 15 is 0 Å². The lowest BCUT2D eigenvalue weighted by molar-refractivity contribution is -0.116. The lowest BCUT2D eigenvalue weighted by Crippen LogP contribution is -2.17. The Morgan fingerprint density at radius 2 is 1.89 bits per heavy atom. The number of anilines is 1. The minimum absolute atomic E-state index is 0.162. The van der Waals surface area contributed by atoms with Crippen LogP contribution in [-0.4, -0.2) is 17.7 Å². The average molecular weight is 291 g/mol. The van der Waals surface area contributed by atoms with Crippen molar-refractivity contribution in [2.45, 2.75) is 19.3 Å². The number of nitrogens with two attached hydrogens (primary N) is 1. The predicted molar refractivity (Wildman–Crippen MR) is 68.1 cm³/mol. The van der Waals surface area contributed by atoms with E-state index < -0.39 is 29.0 Å².